The van der Waals surface area contributed by atoms with E-state index in [2.05, 4.69) is 0 Å². The number of carboxylic acid groups (broad SMARTS) is 1. The maximum atomic E-state index is 11.6. The number of ether oxygens (including phenoxy) is 2. The number of hydrogen-bond acceptors (Lipinski definition) is 6. The highest BCUT2D eigenvalue weighted by Gasteiger charge is 2.25. The second-order valence-electron chi connectivity index (χ2n) is 5.29. The number of rotatable bonds is 7. The molecule has 0 aliphatic rings. The van der Waals surface area contributed by atoms with Crippen LogP contribution in [-0.4, -0.2) is 35.3 Å². The number of nitro benzene ring substituents is 1. The van der Waals surface area contributed by atoms with Gasteiger partial charge in [0.2, 0.25) is 5.75 Å². The summed E-state index contributed by atoms with van der Waals surface area (Å²) in [5, 5.41) is 30.1. The fraction of sp³-hybridized carbons (Fsp3) is 0.235. The van der Waals surface area contributed by atoms with Crippen molar-refractivity contribution in [2.75, 3.05) is 14.2 Å². The summed E-state index contributed by atoms with van der Waals surface area (Å²) in [5.74, 6) is -1.86. The zero-order chi connectivity index (χ0) is 18.6. The van der Waals surface area contributed by atoms with E-state index in [9.17, 15) is 25.1 Å². The minimum atomic E-state index is -1.08. The summed E-state index contributed by atoms with van der Waals surface area (Å²) in [6.45, 7) is 0. The summed E-state index contributed by atoms with van der Waals surface area (Å²) in [5.41, 5.74) is 0.597. The third kappa shape index (κ3) is 3.97. The lowest BCUT2D eigenvalue weighted by molar-refractivity contribution is -0.385. The van der Waals surface area contributed by atoms with Gasteiger partial charge < -0.3 is 19.7 Å². The summed E-state index contributed by atoms with van der Waals surface area (Å²) in [4.78, 5) is 22.3. The molecule has 0 saturated heterocycles. The van der Waals surface area contributed by atoms with Crippen LogP contribution in [0.2, 0.25) is 0 Å². The topological polar surface area (TPSA) is 119 Å². The Labute approximate surface area is 143 Å². The molecular formula is C17H17NO7. The monoisotopic (exact) mass is 347 g/mol. The Morgan fingerprint density at radius 3 is 2.32 bits per heavy atom. The highest BCUT2D eigenvalue weighted by atomic mass is 16.6. The number of methoxy groups -OCH3 is 2. The quantitative estimate of drug-likeness (QED) is 0.584. The van der Waals surface area contributed by atoms with Gasteiger partial charge in [-0.3, -0.25) is 14.9 Å². The van der Waals surface area contributed by atoms with Crippen molar-refractivity contribution >= 4 is 11.7 Å². The van der Waals surface area contributed by atoms with E-state index in [0.29, 0.717) is 11.1 Å². The minimum absolute atomic E-state index is 0.0152. The average Bonchev–Trinajstić information content (AvgIpc) is 2.59. The van der Waals surface area contributed by atoms with Crippen LogP contribution in [0.5, 0.6) is 17.2 Å². The number of nitro groups is 1. The number of hydrogen-bond donors (Lipinski definition) is 2. The molecule has 0 radical (unpaired) electrons. The van der Waals surface area contributed by atoms with Gasteiger partial charge in [0.25, 0.3) is 0 Å². The number of carboxylic acids is 1. The second kappa shape index (κ2) is 7.52. The van der Waals surface area contributed by atoms with Crippen molar-refractivity contribution in [3.8, 4) is 17.2 Å². The Balaban J connectivity index is 2.45. The predicted octanol–water partition coefficient (Wildman–Crippen LogP) is 2.73. The summed E-state index contributed by atoms with van der Waals surface area (Å²) in [7, 11) is 2.64. The van der Waals surface area contributed by atoms with Crippen LogP contribution < -0.4 is 9.47 Å². The van der Waals surface area contributed by atoms with E-state index in [1.807, 2.05) is 0 Å². The number of nitrogens with zero attached hydrogens (tertiary/aromatic N) is 1. The van der Waals surface area contributed by atoms with Gasteiger partial charge in [0, 0.05) is 6.07 Å². The SMILES string of the molecule is COc1cc(CC(C(=O)O)c2ccc(O)cc2)cc([N+](=O)[O-])c1OC. The van der Waals surface area contributed by atoms with Crippen LogP contribution in [0.4, 0.5) is 5.69 Å². The van der Waals surface area contributed by atoms with Gasteiger partial charge in [0.1, 0.15) is 5.75 Å². The number of phenolic OH excluding ortho intramolecular Hbond substituents is 1. The standard InChI is InChI=1S/C17H17NO7/c1-24-15-9-10(8-14(18(22)23)16(15)25-2)7-13(17(20)21)11-3-5-12(19)6-4-11/h3-6,8-9,13,19H,7H2,1-2H3,(H,20,21). The number of benzene rings is 2. The molecule has 132 valence electrons. The molecule has 0 amide bonds. The predicted molar refractivity (Wildman–Crippen MR) is 88.4 cm³/mol. The maximum absolute atomic E-state index is 11.6. The fourth-order valence-corrected chi connectivity index (χ4v) is 2.54. The molecule has 0 aliphatic carbocycles. The van der Waals surface area contributed by atoms with Gasteiger partial charge in [-0.2, -0.15) is 0 Å². The van der Waals surface area contributed by atoms with Gasteiger partial charge >= 0.3 is 11.7 Å². The lowest BCUT2D eigenvalue weighted by Crippen LogP contribution is -2.14. The molecule has 2 N–H and O–H groups in total. The average molecular weight is 347 g/mol. The van der Waals surface area contributed by atoms with Gasteiger partial charge in [-0.25, -0.2) is 0 Å². The Hall–Kier alpha value is -3.29. The van der Waals surface area contributed by atoms with Crippen molar-refractivity contribution in [1.29, 1.82) is 0 Å². The molecule has 2 aromatic rings. The normalized spacial score (nSPS) is 11.6. The lowest BCUT2D eigenvalue weighted by Gasteiger charge is -2.15. The molecule has 25 heavy (non-hydrogen) atoms. The molecule has 0 aliphatic heterocycles. The number of phenols is 1. The van der Waals surface area contributed by atoms with E-state index in [-0.39, 0.29) is 29.4 Å². The smallest absolute Gasteiger partial charge is 0.315 e. The first-order valence-electron chi connectivity index (χ1n) is 7.28. The number of aliphatic carboxylic acids is 1. The van der Waals surface area contributed by atoms with Gasteiger partial charge in [0.15, 0.2) is 5.75 Å². The zero-order valence-electron chi connectivity index (χ0n) is 13.6. The van der Waals surface area contributed by atoms with Gasteiger partial charge in [-0.05, 0) is 35.7 Å². The molecule has 0 aromatic heterocycles. The summed E-state index contributed by atoms with van der Waals surface area (Å²) >= 11 is 0. The Kier molecular flexibility index (Phi) is 5.43. The molecule has 0 heterocycles. The van der Waals surface area contributed by atoms with Crippen molar-refractivity contribution in [2.45, 2.75) is 12.3 Å². The van der Waals surface area contributed by atoms with E-state index in [1.165, 1.54) is 50.6 Å². The van der Waals surface area contributed by atoms with Gasteiger partial charge in [-0.1, -0.05) is 12.1 Å². The summed E-state index contributed by atoms with van der Waals surface area (Å²) in [6.07, 6.45) is 0.0152. The van der Waals surface area contributed by atoms with Crippen molar-refractivity contribution in [2.24, 2.45) is 0 Å². The first kappa shape index (κ1) is 18.1. The zero-order valence-corrected chi connectivity index (χ0v) is 13.6. The molecule has 0 bridgehead atoms. The number of aromatic hydroxyl groups is 1. The van der Waals surface area contributed by atoms with E-state index < -0.39 is 16.8 Å². The van der Waals surface area contributed by atoms with Crippen LogP contribution in [0.15, 0.2) is 36.4 Å². The Morgan fingerprint density at radius 1 is 1.20 bits per heavy atom. The Bertz CT molecular complexity index is 786. The molecule has 8 nitrogen and oxygen atoms in total. The molecule has 0 fully saturated rings. The van der Waals surface area contributed by atoms with Crippen molar-refractivity contribution in [3.63, 3.8) is 0 Å². The van der Waals surface area contributed by atoms with E-state index in [1.54, 1.807) is 0 Å². The van der Waals surface area contributed by atoms with Crippen LogP contribution in [0.25, 0.3) is 0 Å². The van der Waals surface area contributed by atoms with Gasteiger partial charge in [0.05, 0.1) is 25.1 Å². The third-order valence-corrected chi connectivity index (χ3v) is 3.75. The highest BCUT2D eigenvalue weighted by Crippen LogP contribution is 2.39. The fourth-order valence-electron chi connectivity index (χ4n) is 2.54. The third-order valence-electron chi connectivity index (χ3n) is 3.75. The van der Waals surface area contributed by atoms with E-state index >= 15 is 0 Å². The van der Waals surface area contributed by atoms with Crippen molar-refractivity contribution < 1.29 is 29.4 Å². The van der Waals surface area contributed by atoms with E-state index in [4.69, 9.17) is 9.47 Å². The van der Waals surface area contributed by atoms with Crippen LogP contribution in [0, 0.1) is 10.1 Å². The largest absolute Gasteiger partial charge is 0.508 e. The van der Waals surface area contributed by atoms with Crippen LogP contribution in [-0.2, 0) is 11.2 Å². The maximum Gasteiger partial charge on any atom is 0.315 e. The summed E-state index contributed by atoms with van der Waals surface area (Å²) < 4.78 is 10.1. The van der Waals surface area contributed by atoms with Crippen LogP contribution >= 0.6 is 0 Å². The second-order valence-corrected chi connectivity index (χ2v) is 5.29. The van der Waals surface area contributed by atoms with Gasteiger partial charge in [-0.15, -0.1) is 0 Å². The highest BCUT2D eigenvalue weighted by molar-refractivity contribution is 5.77. The molecule has 2 rings (SSSR count). The number of carbonyl (C=O) groups is 1. The molecular weight excluding hydrogens is 330 g/mol. The molecule has 1 unspecified atom stereocenters. The van der Waals surface area contributed by atoms with Crippen LogP contribution in [0.3, 0.4) is 0 Å². The lowest BCUT2D eigenvalue weighted by atomic mass is 9.91. The van der Waals surface area contributed by atoms with Crippen LogP contribution in [0.1, 0.15) is 17.0 Å². The molecule has 0 spiro atoms. The summed E-state index contributed by atoms with van der Waals surface area (Å²) in [6, 6.07) is 8.58. The van der Waals surface area contributed by atoms with E-state index in [0.717, 1.165) is 0 Å². The minimum Gasteiger partial charge on any atom is -0.508 e. The Morgan fingerprint density at radius 2 is 1.84 bits per heavy atom. The van der Waals surface area contributed by atoms with Crippen molar-refractivity contribution in [1.82, 2.24) is 0 Å². The molecule has 8 heteroatoms. The molecule has 0 saturated carbocycles. The molecule has 1 atom stereocenters. The first-order chi connectivity index (χ1) is 11.9. The van der Waals surface area contributed by atoms with Crippen molar-refractivity contribution in [3.05, 3.63) is 57.6 Å². The molecule has 2 aromatic carbocycles. The first-order valence-corrected chi connectivity index (χ1v) is 7.28.